The van der Waals surface area contributed by atoms with Crippen LogP contribution < -0.4 is 10.6 Å². The molecule has 0 fully saturated rings. The van der Waals surface area contributed by atoms with E-state index in [2.05, 4.69) is 13.8 Å². The van der Waals surface area contributed by atoms with Gasteiger partial charge in [-0.05, 0) is 44.4 Å². The first-order chi connectivity index (χ1) is 9.15. The van der Waals surface area contributed by atoms with E-state index in [-0.39, 0.29) is 11.8 Å². The van der Waals surface area contributed by atoms with Crippen LogP contribution in [-0.2, 0) is 4.79 Å². The van der Waals surface area contributed by atoms with E-state index in [0.717, 1.165) is 30.5 Å². The Bertz CT molecular complexity index is 399. The number of nitrogens with zero attached hydrogens (tertiary/aromatic N) is 1. The van der Waals surface area contributed by atoms with Gasteiger partial charge >= 0.3 is 0 Å². The zero-order valence-electron chi connectivity index (χ0n) is 12.4. The lowest BCUT2D eigenvalue weighted by atomic mass is 10.0. The number of benzene rings is 1. The second-order valence-electron chi connectivity index (χ2n) is 4.93. The lowest BCUT2D eigenvalue weighted by Crippen LogP contribution is -2.37. The van der Waals surface area contributed by atoms with Crippen LogP contribution in [0.5, 0.6) is 0 Å². The molecule has 0 saturated heterocycles. The summed E-state index contributed by atoms with van der Waals surface area (Å²) in [6, 6.07) is 8.05. The molecule has 3 heteroatoms. The Morgan fingerprint density at radius 3 is 2.42 bits per heavy atom. The fourth-order valence-corrected chi connectivity index (χ4v) is 2.32. The van der Waals surface area contributed by atoms with Gasteiger partial charge in [-0.15, -0.1) is 0 Å². The van der Waals surface area contributed by atoms with Crippen molar-refractivity contribution in [1.29, 1.82) is 0 Å². The van der Waals surface area contributed by atoms with E-state index in [0.29, 0.717) is 13.1 Å². The maximum absolute atomic E-state index is 12.6. The summed E-state index contributed by atoms with van der Waals surface area (Å²) in [5, 5.41) is 0. The van der Waals surface area contributed by atoms with Gasteiger partial charge in [0, 0.05) is 18.2 Å². The number of carbonyl (C=O) groups excluding carboxylic acids is 1. The molecule has 1 rings (SSSR count). The van der Waals surface area contributed by atoms with Gasteiger partial charge in [-0.1, -0.05) is 32.0 Å². The average Bonchev–Trinajstić information content (AvgIpc) is 2.42. The zero-order valence-corrected chi connectivity index (χ0v) is 12.4. The van der Waals surface area contributed by atoms with E-state index in [1.54, 1.807) is 0 Å². The molecule has 1 aromatic carbocycles. The van der Waals surface area contributed by atoms with Gasteiger partial charge < -0.3 is 10.6 Å². The number of aryl methyl sites for hydroxylation is 1. The third-order valence-electron chi connectivity index (χ3n) is 3.59. The number of nitrogens with two attached hydrogens (primary N) is 1. The summed E-state index contributed by atoms with van der Waals surface area (Å²) in [7, 11) is 0. The maximum Gasteiger partial charge on any atom is 0.230 e. The number of anilines is 1. The van der Waals surface area contributed by atoms with Gasteiger partial charge in [0.15, 0.2) is 0 Å². The number of rotatable bonds is 7. The van der Waals surface area contributed by atoms with Crippen LogP contribution in [0.4, 0.5) is 5.69 Å². The maximum atomic E-state index is 12.6. The van der Waals surface area contributed by atoms with Crippen molar-refractivity contribution in [2.75, 3.05) is 18.0 Å². The molecule has 0 heterocycles. The van der Waals surface area contributed by atoms with Crippen LogP contribution >= 0.6 is 0 Å². The van der Waals surface area contributed by atoms with Crippen LogP contribution in [0.15, 0.2) is 24.3 Å². The standard InChI is InChI=1S/C16H26N2O/c1-4-14(5-2)16(19)18(12-8-11-17)15-10-7-6-9-13(15)3/h6-7,9-10,14H,4-5,8,11-12,17H2,1-3H3. The Morgan fingerprint density at radius 1 is 1.26 bits per heavy atom. The minimum atomic E-state index is 0.109. The third kappa shape index (κ3) is 4.06. The Labute approximate surface area is 116 Å². The smallest absolute Gasteiger partial charge is 0.230 e. The SMILES string of the molecule is CCC(CC)C(=O)N(CCCN)c1ccccc1C. The van der Waals surface area contributed by atoms with Gasteiger partial charge in [0.1, 0.15) is 0 Å². The van der Waals surface area contributed by atoms with Crippen molar-refractivity contribution in [3.63, 3.8) is 0 Å². The van der Waals surface area contributed by atoms with Crippen molar-refractivity contribution in [3.8, 4) is 0 Å². The monoisotopic (exact) mass is 262 g/mol. The fraction of sp³-hybridized carbons (Fsp3) is 0.562. The highest BCUT2D eigenvalue weighted by atomic mass is 16.2. The third-order valence-corrected chi connectivity index (χ3v) is 3.59. The lowest BCUT2D eigenvalue weighted by molar-refractivity contribution is -0.122. The van der Waals surface area contributed by atoms with Crippen LogP contribution in [0.1, 0.15) is 38.7 Å². The quantitative estimate of drug-likeness (QED) is 0.820. The topological polar surface area (TPSA) is 46.3 Å². The molecule has 3 nitrogen and oxygen atoms in total. The van der Waals surface area contributed by atoms with Gasteiger partial charge in [0.25, 0.3) is 0 Å². The van der Waals surface area contributed by atoms with E-state index in [1.807, 2.05) is 36.1 Å². The van der Waals surface area contributed by atoms with E-state index >= 15 is 0 Å². The predicted molar refractivity (Wildman–Crippen MR) is 81.3 cm³/mol. The molecule has 0 aliphatic heterocycles. The second kappa shape index (κ2) is 7.95. The highest BCUT2D eigenvalue weighted by Crippen LogP contribution is 2.23. The molecule has 0 spiro atoms. The summed E-state index contributed by atoms with van der Waals surface area (Å²) in [4.78, 5) is 14.6. The molecule has 0 aliphatic rings. The molecule has 0 atom stereocenters. The van der Waals surface area contributed by atoms with Gasteiger partial charge in [-0.25, -0.2) is 0 Å². The average molecular weight is 262 g/mol. The normalized spacial score (nSPS) is 10.8. The Kier molecular flexibility index (Phi) is 6.57. The number of para-hydroxylation sites is 1. The van der Waals surface area contributed by atoms with E-state index < -0.39 is 0 Å². The summed E-state index contributed by atoms with van der Waals surface area (Å²) < 4.78 is 0. The summed E-state index contributed by atoms with van der Waals surface area (Å²) in [5.41, 5.74) is 7.76. The number of amides is 1. The van der Waals surface area contributed by atoms with Crippen LogP contribution in [0.3, 0.4) is 0 Å². The Hall–Kier alpha value is -1.35. The fourth-order valence-electron chi connectivity index (χ4n) is 2.32. The minimum absolute atomic E-state index is 0.109. The molecule has 0 bridgehead atoms. The zero-order chi connectivity index (χ0) is 14.3. The molecule has 1 aromatic rings. The first-order valence-electron chi connectivity index (χ1n) is 7.22. The van der Waals surface area contributed by atoms with Crippen molar-refractivity contribution in [3.05, 3.63) is 29.8 Å². The molecular formula is C16H26N2O. The van der Waals surface area contributed by atoms with Crippen LogP contribution in [-0.4, -0.2) is 19.0 Å². The number of hydrogen-bond donors (Lipinski definition) is 1. The van der Waals surface area contributed by atoms with Gasteiger partial charge in [-0.2, -0.15) is 0 Å². The minimum Gasteiger partial charge on any atom is -0.330 e. The Morgan fingerprint density at radius 2 is 1.89 bits per heavy atom. The molecule has 0 saturated carbocycles. The van der Waals surface area contributed by atoms with E-state index in [9.17, 15) is 4.79 Å². The van der Waals surface area contributed by atoms with Gasteiger partial charge in [0.2, 0.25) is 5.91 Å². The molecule has 19 heavy (non-hydrogen) atoms. The van der Waals surface area contributed by atoms with Gasteiger partial charge in [0.05, 0.1) is 0 Å². The van der Waals surface area contributed by atoms with Crippen molar-refractivity contribution < 1.29 is 4.79 Å². The van der Waals surface area contributed by atoms with Crippen molar-refractivity contribution in [2.24, 2.45) is 11.7 Å². The predicted octanol–water partition coefficient (Wildman–Crippen LogP) is 3.11. The largest absolute Gasteiger partial charge is 0.330 e. The van der Waals surface area contributed by atoms with Crippen molar-refractivity contribution >= 4 is 11.6 Å². The lowest BCUT2D eigenvalue weighted by Gasteiger charge is -2.28. The highest BCUT2D eigenvalue weighted by molar-refractivity contribution is 5.95. The molecule has 0 unspecified atom stereocenters. The molecular weight excluding hydrogens is 236 g/mol. The van der Waals surface area contributed by atoms with Crippen LogP contribution in [0.25, 0.3) is 0 Å². The van der Waals surface area contributed by atoms with Crippen LogP contribution in [0.2, 0.25) is 0 Å². The summed E-state index contributed by atoms with van der Waals surface area (Å²) >= 11 is 0. The molecule has 2 N–H and O–H groups in total. The molecule has 0 aromatic heterocycles. The summed E-state index contributed by atoms with van der Waals surface area (Å²) in [5.74, 6) is 0.338. The Balaban J connectivity index is 3.01. The summed E-state index contributed by atoms with van der Waals surface area (Å²) in [6.45, 7) is 7.51. The van der Waals surface area contributed by atoms with Crippen molar-refractivity contribution in [2.45, 2.75) is 40.0 Å². The van der Waals surface area contributed by atoms with E-state index in [4.69, 9.17) is 5.73 Å². The van der Waals surface area contributed by atoms with Crippen molar-refractivity contribution in [1.82, 2.24) is 0 Å². The van der Waals surface area contributed by atoms with Gasteiger partial charge in [-0.3, -0.25) is 4.79 Å². The number of carbonyl (C=O) groups is 1. The molecule has 106 valence electrons. The molecule has 0 aliphatic carbocycles. The number of hydrogen-bond acceptors (Lipinski definition) is 2. The second-order valence-corrected chi connectivity index (χ2v) is 4.93. The molecule has 1 amide bonds. The highest BCUT2D eigenvalue weighted by Gasteiger charge is 2.23. The van der Waals surface area contributed by atoms with E-state index in [1.165, 1.54) is 0 Å². The summed E-state index contributed by atoms with van der Waals surface area (Å²) in [6.07, 6.45) is 2.61. The molecule has 0 radical (unpaired) electrons. The first kappa shape index (κ1) is 15.7. The van der Waals surface area contributed by atoms with Crippen LogP contribution in [0, 0.1) is 12.8 Å². The first-order valence-corrected chi connectivity index (χ1v) is 7.22.